The number of para-hydroxylation sites is 1. The highest BCUT2D eigenvalue weighted by Gasteiger charge is 2.24. The Labute approximate surface area is 127 Å². The first-order valence-corrected chi connectivity index (χ1v) is 8.18. The lowest BCUT2D eigenvalue weighted by Crippen LogP contribution is -2.35. The van der Waals surface area contributed by atoms with Crippen LogP contribution in [0.3, 0.4) is 0 Å². The molecule has 2 rings (SSSR count). The Morgan fingerprint density at radius 1 is 1.52 bits per heavy atom. The molecule has 21 heavy (non-hydrogen) atoms. The largest absolute Gasteiger partial charge is 0.379 e. The summed E-state index contributed by atoms with van der Waals surface area (Å²) in [6.07, 6.45) is 1.77. The van der Waals surface area contributed by atoms with Crippen LogP contribution >= 0.6 is 11.8 Å². The maximum atomic E-state index is 12.4. The van der Waals surface area contributed by atoms with Crippen molar-refractivity contribution in [2.45, 2.75) is 25.8 Å². The van der Waals surface area contributed by atoms with Crippen molar-refractivity contribution in [1.82, 2.24) is 5.32 Å². The molecule has 2 N–H and O–H groups in total. The van der Waals surface area contributed by atoms with Crippen LogP contribution in [0.5, 0.6) is 0 Å². The summed E-state index contributed by atoms with van der Waals surface area (Å²) < 4.78 is 0. The monoisotopic (exact) mass is 309 g/mol. The number of carbonyl (C=O) groups is 1. The molecule has 1 aromatic rings. The fourth-order valence-corrected chi connectivity index (χ4v) is 3.38. The molecule has 1 heterocycles. The molecule has 1 saturated heterocycles. The van der Waals surface area contributed by atoms with E-state index in [2.05, 4.69) is 10.6 Å². The Morgan fingerprint density at radius 3 is 2.95 bits per heavy atom. The van der Waals surface area contributed by atoms with Gasteiger partial charge in [-0.1, -0.05) is 13.0 Å². The molecule has 0 spiro atoms. The van der Waals surface area contributed by atoms with Crippen LogP contribution in [0.1, 0.15) is 30.1 Å². The van der Waals surface area contributed by atoms with Crippen LogP contribution in [0.2, 0.25) is 0 Å². The highest BCUT2D eigenvalue weighted by Crippen LogP contribution is 2.28. The van der Waals surface area contributed by atoms with Gasteiger partial charge in [0, 0.05) is 24.4 Å². The number of amides is 1. The van der Waals surface area contributed by atoms with E-state index >= 15 is 0 Å². The smallest absolute Gasteiger partial charge is 0.293 e. The molecule has 0 bridgehead atoms. The number of hydrogen-bond donors (Lipinski definition) is 2. The second kappa shape index (κ2) is 7.31. The second-order valence-electron chi connectivity index (χ2n) is 4.92. The van der Waals surface area contributed by atoms with Gasteiger partial charge in [-0.05, 0) is 24.7 Å². The summed E-state index contributed by atoms with van der Waals surface area (Å²) in [4.78, 5) is 23.1. The number of nitrogens with zero attached hydrogens (tertiary/aromatic N) is 1. The van der Waals surface area contributed by atoms with E-state index in [-0.39, 0.29) is 17.6 Å². The molecule has 1 aliphatic heterocycles. The summed E-state index contributed by atoms with van der Waals surface area (Å²) in [5.74, 6) is 1.70. The van der Waals surface area contributed by atoms with Gasteiger partial charge in [0.25, 0.3) is 11.6 Å². The average molecular weight is 309 g/mol. The zero-order valence-electron chi connectivity index (χ0n) is 11.9. The Hall–Kier alpha value is -1.76. The highest BCUT2D eigenvalue weighted by molar-refractivity contribution is 7.99. The predicted octanol–water partition coefficient (Wildman–Crippen LogP) is 2.65. The summed E-state index contributed by atoms with van der Waals surface area (Å²) in [6, 6.07) is 4.75. The van der Waals surface area contributed by atoms with Crippen molar-refractivity contribution in [2.75, 3.05) is 23.4 Å². The van der Waals surface area contributed by atoms with Crippen molar-refractivity contribution in [1.29, 1.82) is 0 Å². The number of carbonyl (C=O) groups excluding carboxylic acids is 1. The lowest BCUT2D eigenvalue weighted by Gasteiger charge is -2.15. The van der Waals surface area contributed by atoms with Gasteiger partial charge in [0.05, 0.1) is 10.5 Å². The van der Waals surface area contributed by atoms with E-state index in [9.17, 15) is 14.9 Å². The third kappa shape index (κ3) is 3.87. The highest BCUT2D eigenvalue weighted by atomic mass is 32.2. The van der Waals surface area contributed by atoms with Crippen molar-refractivity contribution in [3.05, 3.63) is 33.9 Å². The first-order valence-electron chi connectivity index (χ1n) is 7.03. The Morgan fingerprint density at radius 2 is 2.33 bits per heavy atom. The van der Waals surface area contributed by atoms with Gasteiger partial charge in [-0.2, -0.15) is 11.8 Å². The third-order valence-electron chi connectivity index (χ3n) is 3.30. The van der Waals surface area contributed by atoms with Gasteiger partial charge < -0.3 is 10.6 Å². The zero-order chi connectivity index (χ0) is 15.2. The maximum absolute atomic E-state index is 12.4. The Balaban J connectivity index is 2.25. The lowest BCUT2D eigenvalue weighted by molar-refractivity contribution is -0.384. The summed E-state index contributed by atoms with van der Waals surface area (Å²) in [7, 11) is 0. The normalized spacial score (nSPS) is 17.5. The SMILES string of the molecule is CCCNc1c(C(=O)NC2CCSC2)cccc1[N+](=O)[O-]. The van der Waals surface area contributed by atoms with Gasteiger partial charge in [0.15, 0.2) is 0 Å². The number of hydrogen-bond acceptors (Lipinski definition) is 5. The minimum Gasteiger partial charge on any atom is -0.379 e. The molecule has 0 radical (unpaired) electrons. The summed E-state index contributed by atoms with van der Waals surface area (Å²) in [6.45, 7) is 2.56. The Kier molecular flexibility index (Phi) is 5.44. The minimum absolute atomic E-state index is 0.0584. The average Bonchev–Trinajstić information content (AvgIpc) is 2.97. The minimum atomic E-state index is -0.458. The van der Waals surface area contributed by atoms with E-state index in [1.54, 1.807) is 23.9 Å². The second-order valence-corrected chi connectivity index (χ2v) is 6.07. The topological polar surface area (TPSA) is 84.3 Å². The fourth-order valence-electron chi connectivity index (χ4n) is 2.23. The van der Waals surface area contributed by atoms with Gasteiger partial charge in [-0.15, -0.1) is 0 Å². The molecule has 1 aromatic carbocycles. The zero-order valence-corrected chi connectivity index (χ0v) is 12.7. The summed E-state index contributed by atoms with van der Waals surface area (Å²) in [5.41, 5.74) is 0.596. The van der Waals surface area contributed by atoms with Crippen LogP contribution in [-0.2, 0) is 0 Å². The standard InChI is InChI=1S/C14H19N3O3S/c1-2-7-15-13-11(4-3-5-12(13)17(19)20)14(18)16-10-6-8-21-9-10/h3-5,10,15H,2,6-9H2,1H3,(H,16,18). The molecular formula is C14H19N3O3S. The van der Waals surface area contributed by atoms with E-state index in [4.69, 9.17) is 0 Å². The van der Waals surface area contributed by atoms with Crippen molar-refractivity contribution in [3.63, 3.8) is 0 Å². The number of nitrogens with one attached hydrogen (secondary N) is 2. The molecular weight excluding hydrogens is 290 g/mol. The van der Waals surface area contributed by atoms with Crippen molar-refractivity contribution >= 4 is 29.0 Å². The van der Waals surface area contributed by atoms with Crippen LogP contribution in [0.25, 0.3) is 0 Å². The Bertz CT molecular complexity index is 530. The molecule has 1 amide bonds. The van der Waals surface area contributed by atoms with Crippen molar-refractivity contribution in [2.24, 2.45) is 0 Å². The third-order valence-corrected chi connectivity index (χ3v) is 4.46. The summed E-state index contributed by atoms with van der Waals surface area (Å²) in [5, 5.41) is 17.1. The number of anilines is 1. The van der Waals surface area contributed by atoms with E-state index in [0.29, 0.717) is 17.8 Å². The first-order chi connectivity index (χ1) is 10.1. The quantitative estimate of drug-likeness (QED) is 0.623. The van der Waals surface area contributed by atoms with E-state index in [1.165, 1.54) is 6.07 Å². The predicted molar refractivity (Wildman–Crippen MR) is 85.1 cm³/mol. The van der Waals surface area contributed by atoms with Gasteiger partial charge in [0.2, 0.25) is 0 Å². The van der Waals surface area contributed by atoms with Gasteiger partial charge in [-0.3, -0.25) is 14.9 Å². The number of rotatable bonds is 6. The fraction of sp³-hybridized carbons (Fsp3) is 0.500. The molecule has 1 aliphatic rings. The number of benzene rings is 1. The van der Waals surface area contributed by atoms with Gasteiger partial charge >= 0.3 is 0 Å². The molecule has 0 aromatic heterocycles. The van der Waals surface area contributed by atoms with E-state index in [1.807, 2.05) is 6.92 Å². The molecule has 1 atom stereocenters. The van der Waals surface area contributed by atoms with Gasteiger partial charge in [-0.25, -0.2) is 0 Å². The number of nitro benzene ring substituents is 1. The lowest BCUT2D eigenvalue weighted by atomic mass is 10.1. The van der Waals surface area contributed by atoms with E-state index < -0.39 is 4.92 Å². The molecule has 1 fully saturated rings. The summed E-state index contributed by atoms with van der Waals surface area (Å²) >= 11 is 1.81. The maximum Gasteiger partial charge on any atom is 0.293 e. The van der Waals surface area contributed by atoms with Crippen LogP contribution in [0.15, 0.2) is 18.2 Å². The molecule has 0 aliphatic carbocycles. The van der Waals surface area contributed by atoms with Crippen LogP contribution in [-0.4, -0.2) is 34.9 Å². The first kappa shape index (κ1) is 15.6. The van der Waals surface area contributed by atoms with E-state index in [0.717, 1.165) is 24.3 Å². The molecule has 7 heteroatoms. The van der Waals surface area contributed by atoms with Crippen molar-refractivity contribution in [3.8, 4) is 0 Å². The van der Waals surface area contributed by atoms with Crippen molar-refractivity contribution < 1.29 is 9.72 Å². The number of nitro groups is 1. The van der Waals surface area contributed by atoms with Crippen LogP contribution in [0, 0.1) is 10.1 Å². The van der Waals surface area contributed by atoms with Gasteiger partial charge in [0.1, 0.15) is 5.69 Å². The van der Waals surface area contributed by atoms with Crippen LogP contribution in [0.4, 0.5) is 11.4 Å². The molecule has 114 valence electrons. The molecule has 0 saturated carbocycles. The van der Waals surface area contributed by atoms with Crippen LogP contribution < -0.4 is 10.6 Å². The molecule has 1 unspecified atom stereocenters. The molecule has 6 nitrogen and oxygen atoms in total. The number of thioether (sulfide) groups is 1.